The molecule has 0 N–H and O–H groups in total. The predicted octanol–water partition coefficient (Wildman–Crippen LogP) is 2.65. The largest absolute Gasteiger partial charge is 0.291 e. The molecule has 0 saturated heterocycles. The summed E-state index contributed by atoms with van der Waals surface area (Å²) < 4.78 is 0. The SMILES string of the molecule is CC(=O)c1nc(C)cc(-c2ccccc2)n1. The van der Waals surface area contributed by atoms with Crippen molar-refractivity contribution >= 4 is 5.78 Å². The summed E-state index contributed by atoms with van der Waals surface area (Å²) in [5.74, 6) is 0.166. The van der Waals surface area contributed by atoms with Gasteiger partial charge in [-0.1, -0.05) is 30.3 Å². The smallest absolute Gasteiger partial charge is 0.196 e. The Kier molecular flexibility index (Phi) is 2.77. The van der Waals surface area contributed by atoms with E-state index in [0.29, 0.717) is 0 Å². The summed E-state index contributed by atoms with van der Waals surface area (Å²) in [5, 5.41) is 0. The van der Waals surface area contributed by atoms with Crippen molar-refractivity contribution in [1.82, 2.24) is 9.97 Å². The van der Waals surface area contributed by atoms with Gasteiger partial charge < -0.3 is 0 Å². The average Bonchev–Trinajstić information content (AvgIpc) is 2.29. The average molecular weight is 212 g/mol. The number of aromatic nitrogens is 2. The van der Waals surface area contributed by atoms with Crippen LogP contribution in [-0.2, 0) is 0 Å². The summed E-state index contributed by atoms with van der Waals surface area (Å²) in [5.41, 5.74) is 2.59. The van der Waals surface area contributed by atoms with Crippen LogP contribution in [0.1, 0.15) is 23.2 Å². The van der Waals surface area contributed by atoms with Crippen LogP contribution in [-0.4, -0.2) is 15.8 Å². The molecule has 0 unspecified atom stereocenters. The van der Waals surface area contributed by atoms with Gasteiger partial charge in [-0.05, 0) is 13.0 Å². The van der Waals surface area contributed by atoms with Crippen LogP contribution in [0.25, 0.3) is 11.3 Å². The Morgan fingerprint density at radius 3 is 2.44 bits per heavy atom. The van der Waals surface area contributed by atoms with Crippen molar-refractivity contribution in [3.8, 4) is 11.3 Å². The highest BCUT2D eigenvalue weighted by molar-refractivity contribution is 5.90. The number of rotatable bonds is 2. The van der Waals surface area contributed by atoms with Crippen molar-refractivity contribution in [2.45, 2.75) is 13.8 Å². The topological polar surface area (TPSA) is 42.9 Å². The number of Topliss-reactive ketones (excluding diaryl/α,β-unsaturated/α-hetero) is 1. The number of hydrogen-bond donors (Lipinski definition) is 0. The summed E-state index contributed by atoms with van der Waals surface area (Å²) >= 11 is 0. The first-order valence-corrected chi connectivity index (χ1v) is 5.09. The van der Waals surface area contributed by atoms with E-state index in [0.717, 1.165) is 17.0 Å². The molecule has 0 bridgehead atoms. The second-order valence-corrected chi connectivity index (χ2v) is 3.64. The molecule has 16 heavy (non-hydrogen) atoms. The van der Waals surface area contributed by atoms with E-state index in [1.807, 2.05) is 43.3 Å². The third-order valence-electron chi connectivity index (χ3n) is 2.24. The minimum Gasteiger partial charge on any atom is -0.291 e. The van der Waals surface area contributed by atoms with Gasteiger partial charge in [-0.25, -0.2) is 9.97 Å². The zero-order valence-corrected chi connectivity index (χ0v) is 9.27. The van der Waals surface area contributed by atoms with Crippen molar-refractivity contribution in [2.75, 3.05) is 0 Å². The van der Waals surface area contributed by atoms with E-state index >= 15 is 0 Å². The molecule has 0 saturated carbocycles. The highest BCUT2D eigenvalue weighted by Crippen LogP contribution is 2.17. The van der Waals surface area contributed by atoms with E-state index in [4.69, 9.17) is 0 Å². The number of benzene rings is 1. The Morgan fingerprint density at radius 2 is 1.81 bits per heavy atom. The predicted molar refractivity (Wildman–Crippen MR) is 62.2 cm³/mol. The molecule has 0 radical (unpaired) electrons. The van der Waals surface area contributed by atoms with Gasteiger partial charge in [-0.2, -0.15) is 0 Å². The lowest BCUT2D eigenvalue weighted by atomic mass is 10.1. The Labute approximate surface area is 94.2 Å². The zero-order chi connectivity index (χ0) is 11.5. The molecule has 1 aromatic carbocycles. The van der Waals surface area contributed by atoms with E-state index in [9.17, 15) is 4.79 Å². The lowest BCUT2D eigenvalue weighted by Gasteiger charge is -2.03. The molecule has 1 aromatic heterocycles. The number of carbonyl (C=O) groups excluding carboxylic acids is 1. The van der Waals surface area contributed by atoms with Crippen molar-refractivity contribution in [2.24, 2.45) is 0 Å². The maximum Gasteiger partial charge on any atom is 0.196 e. The van der Waals surface area contributed by atoms with Crippen LogP contribution in [0.3, 0.4) is 0 Å². The minimum absolute atomic E-state index is 0.110. The van der Waals surface area contributed by atoms with E-state index in [2.05, 4.69) is 9.97 Å². The fourth-order valence-corrected chi connectivity index (χ4v) is 1.48. The van der Waals surface area contributed by atoms with Crippen molar-refractivity contribution in [3.63, 3.8) is 0 Å². The molecule has 2 aromatic rings. The third-order valence-corrected chi connectivity index (χ3v) is 2.24. The second-order valence-electron chi connectivity index (χ2n) is 3.64. The van der Waals surface area contributed by atoms with E-state index in [1.54, 1.807) is 0 Å². The molecule has 0 aliphatic rings. The van der Waals surface area contributed by atoms with Gasteiger partial charge in [0.05, 0.1) is 5.69 Å². The van der Waals surface area contributed by atoms with Crippen LogP contribution in [0, 0.1) is 6.92 Å². The van der Waals surface area contributed by atoms with E-state index in [-0.39, 0.29) is 11.6 Å². The van der Waals surface area contributed by atoms with E-state index < -0.39 is 0 Å². The van der Waals surface area contributed by atoms with Crippen LogP contribution >= 0.6 is 0 Å². The first kappa shape index (κ1) is 10.5. The molecule has 3 heteroatoms. The van der Waals surface area contributed by atoms with Gasteiger partial charge in [0.25, 0.3) is 0 Å². The Morgan fingerprint density at radius 1 is 1.12 bits per heavy atom. The molecular weight excluding hydrogens is 200 g/mol. The van der Waals surface area contributed by atoms with Gasteiger partial charge >= 0.3 is 0 Å². The lowest BCUT2D eigenvalue weighted by Crippen LogP contribution is -2.03. The van der Waals surface area contributed by atoms with Gasteiger partial charge in [0, 0.05) is 18.2 Å². The maximum absolute atomic E-state index is 11.3. The fourth-order valence-electron chi connectivity index (χ4n) is 1.48. The highest BCUT2D eigenvalue weighted by atomic mass is 16.1. The Balaban J connectivity index is 2.54. The Bertz CT molecular complexity index is 521. The highest BCUT2D eigenvalue weighted by Gasteiger charge is 2.07. The molecule has 0 spiro atoms. The van der Waals surface area contributed by atoms with Crippen LogP contribution < -0.4 is 0 Å². The molecule has 0 aliphatic carbocycles. The standard InChI is InChI=1S/C13H12N2O/c1-9-8-12(11-6-4-3-5-7-11)15-13(14-9)10(2)16/h3-8H,1-2H3. The summed E-state index contributed by atoms with van der Waals surface area (Å²) in [7, 11) is 0. The molecule has 3 nitrogen and oxygen atoms in total. The number of aryl methyl sites for hydroxylation is 1. The van der Waals surface area contributed by atoms with Crippen LogP contribution in [0.15, 0.2) is 36.4 Å². The minimum atomic E-state index is -0.110. The lowest BCUT2D eigenvalue weighted by molar-refractivity contribution is 0.100. The molecule has 0 aliphatic heterocycles. The quantitative estimate of drug-likeness (QED) is 0.719. The maximum atomic E-state index is 11.3. The van der Waals surface area contributed by atoms with Gasteiger partial charge in [-0.15, -0.1) is 0 Å². The van der Waals surface area contributed by atoms with Crippen LogP contribution in [0.4, 0.5) is 0 Å². The van der Waals surface area contributed by atoms with Gasteiger partial charge in [0.2, 0.25) is 0 Å². The normalized spacial score (nSPS) is 10.1. The van der Waals surface area contributed by atoms with Crippen molar-refractivity contribution in [3.05, 3.63) is 47.9 Å². The van der Waals surface area contributed by atoms with Crippen molar-refractivity contribution < 1.29 is 4.79 Å². The molecule has 0 atom stereocenters. The summed E-state index contributed by atoms with van der Waals surface area (Å²) in [4.78, 5) is 19.6. The zero-order valence-electron chi connectivity index (χ0n) is 9.27. The third kappa shape index (κ3) is 2.14. The summed E-state index contributed by atoms with van der Waals surface area (Å²) in [6.07, 6.45) is 0. The summed E-state index contributed by atoms with van der Waals surface area (Å²) in [6, 6.07) is 11.6. The number of hydrogen-bond acceptors (Lipinski definition) is 3. The molecule has 80 valence electrons. The van der Waals surface area contributed by atoms with Crippen LogP contribution in [0.2, 0.25) is 0 Å². The Hall–Kier alpha value is -2.03. The van der Waals surface area contributed by atoms with Gasteiger partial charge in [0.15, 0.2) is 11.6 Å². The first-order chi connectivity index (χ1) is 7.66. The monoisotopic (exact) mass is 212 g/mol. The van der Waals surface area contributed by atoms with Crippen LogP contribution in [0.5, 0.6) is 0 Å². The number of nitrogens with zero attached hydrogens (tertiary/aromatic N) is 2. The van der Waals surface area contributed by atoms with Gasteiger partial charge in [-0.3, -0.25) is 4.79 Å². The van der Waals surface area contributed by atoms with Gasteiger partial charge in [0.1, 0.15) is 0 Å². The number of carbonyl (C=O) groups is 1. The van der Waals surface area contributed by atoms with E-state index in [1.165, 1.54) is 6.92 Å². The summed E-state index contributed by atoms with van der Waals surface area (Å²) in [6.45, 7) is 3.34. The van der Waals surface area contributed by atoms with Crippen molar-refractivity contribution in [1.29, 1.82) is 0 Å². The molecule has 0 fully saturated rings. The molecule has 1 heterocycles. The number of ketones is 1. The molecule has 0 amide bonds. The first-order valence-electron chi connectivity index (χ1n) is 5.09. The fraction of sp³-hybridized carbons (Fsp3) is 0.154. The second kappa shape index (κ2) is 4.23. The molecular formula is C13H12N2O. The molecule has 2 rings (SSSR count).